The number of ether oxygens (including phenoxy) is 2. The molecule has 0 saturated heterocycles. The maximum absolute atomic E-state index is 12.5. The molecule has 0 aromatic rings. The van der Waals surface area contributed by atoms with Crippen LogP contribution in [0.4, 0.5) is 0 Å². The first-order valence-corrected chi connectivity index (χ1v) is 9.59. The molecule has 2 unspecified atom stereocenters. The highest BCUT2D eigenvalue weighted by Gasteiger charge is 2.58. The average Bonchev–Trinajstić information content (AvgIpc) is 2.76. The van der Waals surface area contributed by atoms with E-state index in [9.17, 15) is 9.59 Å². The highest BCUT2D eigenvalue weighted by molar-refractivity contribution is 6.75. The molecule has 1 aliphatic rings. The summed E-state index contributed by atoms with van der Waals surface area (Å²) in [6.45, 7) is 5.59. The number of esters is 2. The minimum Gasteiger partial charge on any atom is -0.465 e. The lowest BCUT2D eigenvalue weighted by molar-refractivity contribution is -0.172. The Morgan fingerprint density at radius 1 is 1.00 bits per heavy atom. The van der Waals surface area contributed by atoms with Gasteiger partial charge in [-0.1, -0.05) is 64.9 Å². The Morgan fingerprint density at radius 3 is 1.83 bits per heavy atom. The van der Waals surface area contributed by atoms with E-state index in [-0.39, 0.29) is 44.3 Å². The third-order valence-electron chi connectivity index (χ3n) is 4.35. The number of hydrogen-bond donors (Lipinski definition) is 0. The van der Waals surface area contributed by atoms with Crippen molar-refractivity contribution >= 4 is 69.9 Å². The first-order valence-electron chi connectivity index (χ1n) is 7.70. The van der Waals surface area contributed by atoms with E-state index in [0.29, 0.717) is 0 Å². The van der Waals surface area contributed by atoms with Gasteiger partial charge < -0.3 is 9.47 Å². The number of alkyl halides is 5. The van der Waals surface area contributed by atoms with Gasteiger partial charge in [-0.15, -0.1) is 0 Å². The van der Waals surface area contributed by atoms with Gasteiger partial charge >= 0.3 is 11.9 Å². The van der Waals surface area contributed by atoms with Crippen molar-refractivity contribution in [1.29, 1.82) is 0 Å². The van der Waals surface area contributed by atoms with Gasteiger partial charge in [0.05, 0.1) is 13.2 Å². The van der Waals surface area contributed by atoms with E-state index >= 15 is 0 Å². The molecule has 0 aromatic heterocycles. The summed E-state index contributed by atoms with van der Waals surface area (Å²) in [6, 6.07) is 0. The molecular formula is C15H21Cl5O4. The van der Waals surface area contributed by atoms with Crippen molar-refractivity contribution < 1.29 is 19.1 Å². The van der Waals surface area contributed by atoms with Crippen LogP contribution in [0.1, 0.15) is 40.0 Å². The maximum Gasteiger partial charge on any atom is 0.323 e. The van der Waals surface area contributed by atoms with E-state index in [1.807, 2.05) is 6.92 Å². The number of halogens is 5. The molecule has 0 heterocycles. The molecule has 2 atom stereocenters. The number of hydrogen-bond acceptors (Lipinski definition) is 4. The fraction of sp³-hybridized carbons (Fsp3) is 0.867. The molecule has 0 aromatic carbocycles. The van der Waals surface area contributed by atoms with Crippen molar-refractivity contribution in [2.24, 2.45) is 17.3 Å². The topological polar surface area (TPSA) is 52.6 Å². The van der Waals surface area contributed by atoms with Crippen LogP contribution < -0.4 is 0 Å². The molecule has 0 N–H and O–H groups in total. The summed E-state index contributed by atoms with van der Waals surface area (Å²) in [6.07, 6.45) is 0.584. The van der Waals surface area contributed by atoms with Crippen LogP contribution >= 0.6 is 58.0 Å². The molecular weight excluding hydrogens is 421 g/mol. The van der Waals surface area contributed by atoms with Crippen molar-refractivity contribution in [3.63, 3.8) is 0 Å². The van der Waals surface area contributed by atoms with Gasteiger partial charge in [-0.3, -0.25) is 9.59 Å². The van der Waals surface area contributed by atoms with Gasteiger partial charge in [-0.25, -0.2) is 0 Å². The SMILES string of the molecule is CCOC(=O)C1(C(=O)OCC)CC(C)C(CC(Cl)(Cl)C(Cl)(Cl)Cl)C1. The zero-order valence-corrected chi connectivity index (χ0v) is 17.5. The van der Waals surface area contributed by atoms with Crippen LogP contribution in [0.5, 0.6) is 0 Å². The lowest BCUT2D eigenvalue weighted by Gasteiger charge is -2.31. The van der Waals surface area contributed by atoms with Gasteiger partial charge in [-0.05, 0) is 44.9 Å². The number of rotatable bonds is 6. The fourth-order valence-electron chi connectivity index (χ4n) is 3.12. The molecule has 140 valence electrons. The molecule has 0 radical (unpaired) electrons. The first-order chi connectivity index (χ1) is 10.9. The number of carbonyl (C=O) groups excluding carboxylic acids is 2. The minimum absolute atomic E-state index is 0.0527. The largest absolute Gasteiger partial charge is 0.465 e. The third kappa shape index (κ3) is 4.76. The zero-order valence-electron chi connectivity index (χ0n) is 13.7. The third-order valence-corrected chi connectivity index (χ3v) is 6.78. The summed E-state index contributed by atoms with van der Waals surface area (Å²) < 4.78 is 6.68. The predicted octanol–water partition coefficient (Wildman–Crippen LogP) is 5.08. The average molecular weight is 443 g/mol. The lowest BCUT2D eigenvalue weighted by atomic mass is 9.84. The van der Waals surface area contributed by atoms with Crippen molar-refractivity contribution in [3.8, 4) is 0 Å². The Morgan fingerprint density at radius 2 is 1.46 bits per heavy atom. The first kappa shape index (κ1) is 22.4. The highest BCUT2D eigenvalue weighted by atomic mass is 35.6. The zero-order chi connectivity index (χ0) is 18.8. The second-order valence-electron chi connectivity index (χ2n) is 6.07. The molecule has 1 aliphatic carbocycles. The van der Waals surface area contributed by atoms with E-state index < -0.39 is 25.5 Å². The Hall–Kier alpha value is 0.390. The molecule has 0 amide bonds. The van der Waals surface area contributed by atoms with Crippen molar-refractivity contribution in [3.05, 3.63) is 0 Å². The quantitative estimate of drug-likeness (QED) is 0.327. The summed E-state index contributed by atoms with van der Waals surface area (Å²) in [5, 5.41) is 0. The Kier molecular flexibility index (Phi) is 7.84. The van der Waals surface area contributed by atoms with Crippen molar-refractivity contribution in [2.75, 3.05) is 13.2 Å². The van der Waals surface area contributed by atoms with E-state index in [4.69, 9.17) is 67.5 Å². The predicted molar refractivity (Wildman–Crippen MR) is 96.9 cm³/mol. The van der Waals surface area contributed by atoms with Crippen LogP contribution in [0.15, 0.2) is 0 Å². The van der Waals surface area contributed by atoms with Crippen LogP contribution in [0, 0.1) is 17.3 Å². The minimum atomic E-state index is -1.89. The van der Waals surface area contributed by atoms with E-state index in [2.05, 4.69) is 0 Å². The second kappa shape index (κ2) is 8.39. The Bertz CT molecular complexity index is 457. The van der Waals surface area contributed by atoms with Crippen LogP contribution in [0.3, 0.4) is 0 Å². The van der Waals surface area contributed by atoms with E-state index in [1.165, 1.54) is 0 Å². The van der Waals surface area contributed by atoms with E-state index in [0.717, 1.165) is 0 Å². The van der Waals surface area contributed by atoms with E-state index in [1.54, 1.807) is 13.8 Å². The molecule has 0 bridgehead atoms. The van der Waals surface area contributed by atoms with Crippen LogP contribution in [-0.2, 0) is 19.1 Å². The fourth-order valence-corrected chi connectivity index (χ4v) is 3.75. The van der Waals surface area contributed by atoms with Crippen molar-refractivity contribution in [1.82, 2.24) is 0 Å². The standard InChI is InChI=1S/C15H21Cl5O4/c1-4-23-11(21)13(12(22)24-5-2)6-9(3)10(7-13)8-14(16,17)15(18,19)20/h9-10H,4-8H2,1-3H3. The van der Waals surface area contributed by atoms with Gasteiger partial charge in [0.1, 0.15) is 0 Å². The molecule has 1 rings (SSSR count). The van der Waals surface area contributed by atoms with Gasteiger partial charge in [0.15, 0.2) is 9.75 Å². The Balaban J connectivity index is 3.07. The van der Waals surface area contributed by atoms with Gasteiger partial charge in [0.2, 0.25) is 3.79 Å². The Labute approximate surface area is 167 Å². The molecule has 0 spiro atoms. The van der Waals surface area contributed by atoms with Crippen LogP contribution in [-0.4, -0.2) is 33.3 Å². The lowest BCUT2D eigenvalue weighted by Crippen LogP contribution is -2.40. The van der Waals surface area contributed by atoms with Gasteiger partial charge in [0.25, 0.3) is 0 Å². The highest BCUT2D eigenvalue weighted by Crippen LogP contribution is 2.55. The monoisotopic (exact) mass is 440 g/mol. The van der Waals surface area contributed by atoms with Gasteiger partial charge in [0, 0.05) is 0 Å². The van der Waals surface area contributed by atoms with Crippen LogP contribution in [0.25, 0.3) is 0 Å². The molecule has 24 heavy (non-hydrogen) atoms. The van der Waals surface area contributed by atoms with Crippen molar-refractivity contribution in [2.45, 2.75) is 48.2 Å². The normalized spacial score (nSPS) is 23.8. The molecule has 1 saturated carbocycles. The van der Waals surface area contributed by atoms with Crippen LogP contribution in [0.2, 0.25) is 0 Å². The summed E-state index contributed by atoms with van der Waals surface area (Å²) in [7, 11) is 0. The molecule has 9 heteroatoms. The molecule has 4 nitrogen and oxygen atoms in total. The summed E-state index contributed by atoms with van der Waals surface area (Å²) in [4.78, 5) is 24.9. The molecule has 1 fully saturated rings. The summed E-state index contributed by atoms with van der Waals surface area (Å²) in [5.74, 6) is -1.45. The number of carbonyl (C=O) groups is 2. The van der Waals surface area contributed by atoms with Gasteiger partial charge in [-0.2, -0.15) is 0 Å². The summed E-state index contributed by atoms with van der Waals surface area (Å²) >= 11 is 29.8. The maximum atomic E-state index is 12.5. The smallest absolute Gasteiger partial charge is 0.323 e. The molecule has 0 aliphatic heterocycles. The second-order valence-corrected chi connectivity index (χ2v) is 9.84. The summed E-state index contributed by atoms with van der Waals surface area (Å²) in [5.41, 5.74) is -1.37.